The molecule has 1 atom stereocenters. The number of imidazole rings is 1. The monoisotopic (exact) mass is 491 g/mol. The number of fused-ring (bicyclic) bond motifs is 1. The molecule has 7 heteroatoms. The molecule has 0 amide bonds. The number of halogens is 4. The fraction of sp³-hybridized carbons (Fsp3) is 0.143. The highest BCUT2D eigenvalue weighted by Gasteiger charge is 2.19. The van der Waals surface area contributed by atoms with Crippen LogP contribution in [0.15, 0.2) is 43.9 Å². The summed E-state index contributed by atoms with van der Waals surface area (Å²) in [4.78, 5) is 9.11. The zero-order valence-corrected chi connectivity index (χ0v) is 16.3. The molecule has 3 aromatic rings. The molecular formula is C14H9Br3ClN3. The first-order valence-corrected chi connectivity index (χ1v) is 8.92. The molecule has 2 aromatic heterocycles. The SMILES string of the molecule is CC(Cl)c1nc2cc(Br)cnc2n1-c1cc(Br)ccc1Br. The summed E-state index contributed by atoms with van der Waals surface area (Å²) < 4.78 is 4.80. The lowest BCUT2D eigenvalue weighted by Gasteiger charge is -2.12. The number of benzene rings is 1. The van der Waals surface area contributed by atoms with Crippen molar-refractivity contribution < 1.29 is 0 Å². The highest BCUT2D eigenvalue weighted by Crippen LogP contribution is 2.33. The summed E-state index contributed by atoms with van der Waals surface area (Å²) in [6.07, 6.45) is 1.76. The van der Waals surface area contributed by atoms with Gasteiger partial charge in [-0.1, -0.05) is 15.9 Å². The van der Waals surface area contributed by atoms with Crippen LogP contribution in [0.2, 0.25) is 0 Å². The van der Waals surface area contributed by atoms with Crippen LogP contribution in [0, 0.1) is 0 Å². The average Bonchev–Trinajstić information content (AvgIpc) is 2.80. The Balaban J connectivity index is 2.39. The summed E-state index contributed by atoms with van der Waals surface area (Å²) in [6, 6.07) is 7.90. The predicted octanol–water partition coefficient (Wildman–Crippen LogP) is 6.01. The smallest absolute Gasteiger partial charge is 0.164 e. The van der Waals surface area contributed by atoms with E-state index in [1.807, 2.05) is 35.8 Å². The lowest BCUT2D eigenvalue weighted by molar-refractivity contribution is 0.874. The largest absolute Gasteiger partial charge is 0.278 e. The molecule has 0 spiro atoms. The summed E-state index contributed by atoms with van der Waals surface area (Å²) in [6.45, 7) is 1.90. The van der Waals surface area contributed by atoms with Crippen LogP contribution < -0.4 is 0 Å². The van der Waals surface area contributed by atoms with Crippen LogP contribution in [-0.2, 0) is 0 Å². The van der Waals surface area contributed by atoms with Gasteiger partial charge in [-0.2, -0.15) is 0 Å². The van der Waals surface area contributed by atoms with E-state index in [0.717, 1.165) is 36.1 Å². The van der Waals surface area contributed by atoms with Crippen LogP contribution in [0.25, 0.3) is 16.9 Å². The molecule has 3 nitrogen and oxygen atoms in total. The number of alkyl halides is 1. The standard InChI is InChI=1S/C14H9Br3ClN3/c1-7(18)13-20-11-4-9(16)6-19-14(11)21(13)12-5-8(15)2-3-10(12)17/h2-7H,1H3. The lowest BCUT2D eigenvalue weighted by atomic mass is 10.3. The summed E-state index contributed by atoms with van der Waals surface area (Å²) >= 11 is 16.8. The van der Waals surface area contributed by atoms with Gasteiger partial charge in [0.05, 0.1) is 11.1 Å². The summed E-state index contributed by atoms with van der Waals surface area (Å²) in [5, 5.41) is -0.233. The highest BCUT2D eigenvalue weighted by molar-refractivity contribution is 9.11. The molecule has 0 bridgehead atoms. The minimum Gasteiger partial charge on any atom is -0.278 e. The molecule has 0 fully saturated rings. The van der Waals surface area contributed by atoms with Crippen molar-refractivity contribution in [2.24, 2.45) is 0 Å². The Morgan fingerprint density at radius 3 is 2.62 bits per heavy atom. The predicted molar refractivity (Wildman–Crippen MR) is 96.2 cm³/mol. The Morgan fingerprint density at radius 1 is 1.14 bits per heavy atom. The van der Waals surface area contributed by atoms with Crippen LogP contribution in [0.3, 0.4) is 0 Å². The maximum absolute atomic E-state index is 6.31. The number of nitrogens with zero attached hydrogens (tertiary/aromatic N) is 3. The third kappa shape index (κ3) is 2.91. The zero-order valence-electron chi connectivity index (χ0n) is 10.8. The molecule has 1 unspecified atom stereocenters. The Kier molecular flexibility index (Phi) is 4.41. The van der Waals surface area contributed by atoms with Crippen LogP contribution in [0.1, 0.15) is 18.1 Å². The van der Waals surface area contributed by atoms with Gasteiger partial charge in [0.25, 0.3) is 0 Å². The van der Waals surface area contributed by atoms with E-state index in [1.54, 1.807) is 6.20 Å². The molecule has 108 valence electrons. The van der Waals surface area contributed by atoms with Crippen LogP contribution in [0.4, 0.5) is 0 Å². The lowest BCUT2D eigenvalue weighted by Crippen LogP contribution is -2.03. The van der Waals surface area contributed by atoms with E-state index in [0.29, 0.717) is 0 Å². The quantitative estimate of drug-likeness (QED) is 0.409. The fourth-order valence-electron chi connectivity index (χ4n) is 2.12. The van der Waals surface area contributed by atoms with Crippen molar-refractivity contribution in [3.63, 3.8) is 0 Å². The van der Waals surface area contributed by atoms with Crippen LogP contribution in [0.5, 0.6) is 0 Å². The third-order valence-corrected chi connectivity index (χ3v) is 4.79. The van der Waals surface area contributed by atoms with Gasteiger partial charge in [0.15, 0.2) is 5.65 Å². The third-order valence-electron chi connectivity index (χ3n) is 2.99. The second-order valence-corrected chi connectivity index (χ2v) is 7.85. The van der Waals surface area contributed by atoms with Gasteiger partial charge >= 0.3 is 0 Å². The average molecular weight is 494 g/mol. The van der Waals surface area contributed by atoms with Crippen molar-refractivity contribution in [3.05, 3.63) is 49.7 Å². The Labute approximate surface area is 152 Å². The van der Waals surface area contributed by atoms with Crippen LogP contribution >= 0.6 is 59.4 Å². The van der Waals surface area contributed by atoms with E-state index in [9.17, 15) is 0 Å². The molecule has 1 aromatic carbocycles. The molecule has 0 radical (unpaired) electrons. The Morgan fingerprint density at radius 2 is 1.90 bits per heavy atom. The molecule has 2 heterocycles. The van der Waals surface area contributed by atoms with Crippen molar-refractivity contribution in [1.29, 1.82) is 0 Å². The summed E-state index contributed by atoms with van der Waals surface area (Å²) in [5.74, 6) is 0.760. The molecule has 3 rings (SSSR count). The van der Waals surface area contributed by atoms with E-state index in [-0.39, 0.29) is 5.38 Å². The second kappa shape index (κ2) is 5.99. The molecule has 0 aliphatic heterocycles. The molecule has 0 saturated heterocycles. The molecule has 0 saturated carbocycles. The number of hydrogen-bond acceptors (Lipinski definition) is 2. The van der Waals surface area contributed by atoms with Gasteiger partial charge in [-0.15, -0.1) is 11.6 Å². The summed E-state index contributed by atoms with van der Waals surface area (Å²) in [7, 11) is 0. The number of aromatic nitrogens is 3. The maximum Gasteiger partial charge on any atom is 0.164 e. The Hall–Kier alpha value is -0.430. The van der Waals surface area contributed by atoms with Gasteiger partial charge in [-0.25, -0.2) is 9.97 Å². The van der Waals surface area contributed by atoms with Crippen molar-refractivity contribution >= 4 is 70.6 Å². The van der Waals surface area contributed by atoms with E-state index in [2.05, 4.69) is 57.8 Å². The van der Waals surface area contributed by atoms with Gasteiger partial charge < -0.3 is 0 Å². The van der Waals surface area contributed by atoms with E-state index in [1.165, 1.54) is 0 Å². The Bertz CT molecular complexity index is 830. The van der Waals surface area contributed by atoms with Gasteiger partial charge in [-0.3, -0.25) is 4.57 Å². The van der Waals surface area contributed by atoms with Crippen LogP contribution in [-0.4, -0.2) is 14.5 Å². The normalized spacial score (nSPS) is 12.8. The zero-order chi connectivity index (χ0) is 15.1. The van der Waals surface area contributed by atoms with E-state index in [4.69, 9.17) is 11.6 Å². The topological polar surface area (TPSA) is 30.7 Å². The van der Waals surface area contributed by atoms with Crippen molar-refractivity contribution in [2.75, 3.05) is 0 Å². The minimum absolute atomic E-state index is 0.233. The molecule has 0 aliphatic rings. The van der Waals surface area contributed by atoms with Gasteiger partial charge in [0.1, 0.15) is 11.3 Å². The number of pyridine rings is 1. The van der Waals surface area contributed by atoms with Gasteiger partial charge in [0.2, 0.25) is 0 Å². The number of hydrogen-bond donors (Lipinski definition) is 0. The van der Waals surface area contributed by atoms with E-state index < -0.39 is 0 Å². The molecule has 0 aliphatic carbocycles. The van der Waals surface area contributed by atoms with Gasteiger partial charge in [-0.05, 0) is 63.0 Å². The summed E-state index contributed by atoms with van der Waals surface area (Å²) in [5.41, 5.74) is 2.53. The van der Waals surface area contributed by atoms with Crippen molar-refractivity contribution in [2.45, 2.75) is 12.3 Å². The first-order valence-electron chi connectivity index (χ1n) is 6.11. The van der Waals surface area contributed by atoms with Crippen molar-refractivity contribution in [1.82, 2.24) is 14.5 Å². The number of rotatable bonds is 2. The fourth-order valence-corrected chi connectivity index (χ4v) is 3.36. The van der Waals surface area contributed by atoms with E-state index >= 15 is 0 Å². The van der Waals surface area contributed by atoms with Gasteiger partial charge in [0, 0.05) is 19.6 Å². The second-order valence-electron chi connectivity index (χ2n) is 4.51. The molecule has 0 N–H and O–H groups in total. The molecule has 21 heavy (non-hydrogen) atoms. The maximum atomic E-state index is 6.31. The first kappa shape index (κ1) is 15.5. The first-order chi connectivity index (χ1) is 9.97. The minimum atomic E-state index is -0.233. The van der Waals surface area contributed by atoms with Crippen molar-refractivity contribution in [3.8, 4) is 5.69 Å². The highest BCUT2D eigenvalue weighted by atomic mass is 79.9. The molecular weight excluding hydrogens is 485 g/mol.